The molecule has 0 unspecified atom stereocenters. The zero-order chi connectivity index (χ0) is 23.8. The number of rotatable bonds is 2. The predicted octanol–water partition coefficient (Wildman–Crippen LogP) is 4.58. The molecule has 1 aliphatic carbocycles. The SMILES string of the molecule is CCOC(=O)c1cn(C(=O)OC(C)(C)C)c2c1-c1nn(C(=O)OC(C)(C)C)cc1CCC2. The Kier molecular flexibility index (Phi) is 6.22. The Morgan fingerprint density at radius 1 is 0.969 bits per heavy atom. The van der Waals surface area contributed by atoms with Gasteiger partial charge in [-0.2, -0.15) is 9.78 Å². The van der Waals surface area contributed by atoms with E-state index in [9.17, 15) is 14.4 Å². The molecule has 2 aromatic heterocycles. The average Bonchev–Trinajstić information content (AvgIpc) is 3.17. The topological polar surface area (TPSA) is 102 Å². The molecule has 174 valence electrons. The molecule has 0 aliphatic heterocycles. The van der Waals surface area contributed by atoms with Gasteiger partial charge in [0.1, 0.15) is 11.2 Å². The highest BCUT2D eigenvalue weighted by molar-refractivity contribution is 6.00. The van der Waals surface area contributed by atoms with Gasteiger partial charge in [0.15, 0.2) is 0 Å². The van der Waals surface area contributed by atoms with Gasteiger partial charge in [-0.05, 0) is 73.3 Å². The Labute approximate surface area is 187 Å². The highest BCUT2D eigenvalue weighted by Gasteiger charge is 2.33. The van der Waals surface area contributed by atoms with Gasteiger partial charge >= 0.3 is 18.2 Å². The lowest BCUT2D eigenvalue weighted by molar-refractivity contribution is 0.0505. The van der Waals surface area contributed by atoms with Crippen molar-refractivity contribution in [3.05, 3.63) is 29.2 Å². The zero-order valence-electron chi connectivity index (χ0n) is 19.8. The Hall–Kier alpha value is -3.10. The van der Waals surface area contributed by atoms with Crippen molar-refractivity contribution >= 4 is 18.2 Å². The molecule has 2 heterocycles. The second-order valence-corrected chi connectivity index (χ2v) is 9.72. The van der Waals surface area contributed by atoms with Gasteiger partial charge in [0, 0.05) is 23.7 Å². The molecule has 0 atom stereocenters. The molecular formula is C23H31N3O6. The number of aromatic nitrogens is 3. The minimum Gasteiger partial charge on any atom is -0.462 e. The van der Waals surface area contributed by atoms with Crippen LogP contribution in [0.1, 0.15) is 76.5 Å². The van der Waals surface area contributed by atoms with Crippen LogP contribution in [0.2, 0.25) is 0 Å². The summed E-state index contributed by atoms with van der Waals surface area (Å²) in [4.78, 5) is 38.3. The maximum Gasteiger partial charge on any atom is 0.435 e. The highest BCUT2D eigenvalue weighted by atomic mass is 16.6. The van der Waals surface area contributed by atoms with E-state index in [1.165, 1.54) is 10.8 Å². The van der Waals surface area contributed by atoms with E-state index in [1.807, 2.05) is 0 Å². The Balaban J connectivity index is 2.15. The van der Waals surface area contributed by atoms with Gasteiger partial charge in [0.2, 0.25) is 0 Å². The molecule has 3 rings (SSSR count). The van der Waals surface area contributed by atoms with E-state index in [2.05, 4.69) is 5.10 Å². The summed E-state index contributed by atoms with van der Waals surface area (Å²) in [7, 11) is 0. The van der Waals surface area contributed by atoms with E-state index in [-0.39, 0.29) is 12.2 Å². The molecule has 0 spiro atoms. The molecule has 0 aromatic carbocycles. The van der Waals surface area contributed by atoms with E-state index < -0.39 is 29.4 Å². The van der Waals surface area contributed by atoms with E-state index in [0.717, 1.165) is 10.2 Å². The van der Waals surface area contributed by atoms with E-state index >= 15 is 0 Å². The van der Waals surface area contributed by atoms with Crippen LogP contribution in [0.5, 0.6) is 0 Å². The van der Waals surface area contributed by atoms with Crippen LogP contribution in [0.15, 0.2) is 12.4 Å². The second kappa shape index (κ2) is 8.44. The number of aryl methyl sites for hydroxylation is 1. The summed E-state index contributed by atoms with van der Waals surface area (Å²) in [6.45, 7) is 12.6. The molecular weight excluding hydrogens is 414 g/mol. The lowest BCUT2D eigenvalue weighted by Gasteiger charge is -2.20. The first-order valence-corrected chi connectivity index (χ1v) is 10.8. The smallest absolute Gasteiger partial charge is 0.435 e. The maximum atomic E-state index is 12.9. The van der Waals surface area contributed by atoms with Crippen LogP contribution in [0.4, 0.5) is 9.59 Å². The molecule has 0 amide bonds. The molecule has 32 heavy (non-hydrogen) atoms. The summed E-state index contributed by atoms with van der Waals surface area (Å²) in [5.74, 6) is -0.564. The van der Waals surface area contributed by atoms with Crippen molar-refractivity contribution in [2.45, 2.75) is 78.9 Å². The van der Waals surface area contributed by atoms with Gasteiger partial charge in [-0.15, -0.1) is 0 Å². The Morgan fingerprint density at radius 2 is 1.59 bits per heavy atom. The molecule has 0 N–H and O–H groups in total. The third-order valence-electron chi connectivity index (χ3n) is 4.66. The van der Waals surface area contributed by atoms with Crippen LogP contribution < -0.4 is 0 Å². The molecule has 2 aromatic rings. The van der Waals surface area contributed by atoms with Gasteiger partial charge in [-0.3, -0.25) is 4.57 Å². The van der Waals surface area contributed by atoms with Crippen LogP contribution in [-0.2, 0) is 27.1 Å². The third kappa shape index (κ3) is 5.03. The van der Waals surface area contributed by atoms with Gasteiger partial charge in [0.05, 0.1) is 17.9 Å². The largest absolute Gasteiger partial charge is 0.462 e. The number of hydrogen-bond acceptors (Lipinski definition) is 7. The van der Waals surface area contributed by atoms with Gasteiger partial charge in [-0.1, -0.05) is 0 Å². The molecule has 0 bridgehead atoms. The normalized spacial score (nSPS) is 13.6. The van der Waals surface area contributed by atoms with E-state index in [4.69, 9.17) is 14.2 Å². The van der Waals surface area contributed by atoms with Crippen LogP contribution in [-0.4, -0.2) is 50.3 Å². The Bertz CT molecular complexity index is 1050. The number of carbonyl (C=O) groups excluding carboxylic acids is 3. The summed E-state index contributed by atoms with van der Waals surface area (Å²) in [6.07, 6.45) is 3.74. The number of hydrogen-bond donors (Lipinski definition) is 0. The predicted molar refractivity (Wildman–Crippen MR) is 117 cm³/mol. The van der Waals surface area contributed by atoms with Crippen molar-refractivity contribution in [2.24, 2.45) is 0 Å². The summed E-state index contributed by atoms with van der Waals surface area (Å²) < 4.78 is 18.7. The lowest BCUT2D eigenvalue weighted by atomic mass is 10.1. The van der Waals surface area contributed by atoms with Crippen molar-refractivity contribution in [3.8, 4) is 11.3 Å². The number of carbonyl (C=O) groups is 3. The molecule has 0 saturated heterocycles. The summed E-state index contributed by atoms with van der Waals surface area (Å²) in [5, 5.41) is 4.46. The quantitative estimate of drug-likeness (QED) is 0.492. The van der Waals surface area contributed by atoms with Crippen molar-refractivity contribution < 1.29 is 28.6 Å². The fourth-order valence-electron chi connectivity index (χ4n) is 3.55. The molecule has 1 aliphatic rings. The van der Waals surface area contributed by atoms with Crippen LogP contribution in [0.25, 0.3) is 11.3 Å². The van der Waals surface area contributed by atoms with Gasteiger partial charge in [-0.25, -0.2) is 14.4 Å². The molecule has 0 fully saturated rings. The van der Waals surface area contributed by atoms with E-state index in [1.54, 1.807) is 54.7 Å². The summed E-state index contributed by atoms with van der Waals surface area (Å²) in [6, 6.07) is 0. The van der Waals surface area contributed by atoms with Gasteiger partial charge in [0.25, 0.3) is 0 Å². The minimum absolute atomic E-state index is 0.185. The first kappa shape index (κ1) is 23.6. The fourth-order valence-corrected chi connectivity index (χ4v) is 3.55. The first-order valence-electron chi connectivity index (χ1n) is 10.8. The zero-order valence-corrected chi connectivity index (χ0v) is 19.8. The van der Waals surface area contributed by atoms with Gasteiger partial charge < -0.3 is 14.2 Å². The number of fused-ring (bicyclic) bond motifs is 3. The fraction of sp³-hybridized carbons (Fsp3) is 0.565. The second-order valence-electron chi connectivity index (χ2n) is 9.72. The summed E-state index contributed by atoms with van der Waals surface area (Å²) >= 11 is 0. The number of esters is 1. The first-order chi connectivity index (χ1) is 14.8. The van der Waals surface area contributed by atoms with E-state index in [0.29, 0.717) is 36.2 Å². The standard InChI is InChI=1S/C23H31N3O6/c1-8-30-19(27)15-13-25(20(28)31-22(2,3)4)16-11-9-10-14-12-26(24-18(14)17(15)16)21(29)32-23(5,6)7/h12-13H,8-11H2,1-7H3. The Morgan fingerprint density at radius 3 is 2.19 bits per heavy atom. The number of ether oxygens (including phenoxy) is 3. The maximum absolute atomic E-state index is 12.9. The summed E-state index contributed by atoms with van der Waals surface area (Å²) in [5.41, 5.74) is 1.19. The third-order valence-corrected chi connectivity index (χ3v) is 4.66. The molecule has 0 saturated carbocycles. The number of nitrogens with zero attached hydrogens (tertiary/aromatic N) is 3. The lowest BCUT2D eigenvalue weighted by Crippen LogP contribution is -2.28. The molecule has 0 radical (unpaired) electrons. The minimum atomic E-state index is -0.702. The van der Waals surface area contributed by atoms with Crippen molar-refractivity contribution in [1.82, 2.24) is 14.3 Å². The van der Waals surface area contributed by atoms with Crippen LogP contribution in [0.3, 0.4) is 0 Å². The van der Waals surface area contributed by atoms with Crippen LogP contribution in [0, 0.1) is 0 Å². The average molecular weight is 446 g/mol. The monoisotopic (exact) mass is 445 g/mol. The van der Waals surface area contributed by atoms with Crippen molar-refractivity contribution in [1.29, 1.82) is 0 Å². The highest BCUT2D eigenvalue weighted by Crippen LogP contribution is 2.36. The van der Waals surface area contributed by atoms with Crippen LogP contribution >= 0.6 is 0 Å². The van der Waals surface area contributed by atoms with Crippen molar-refractivity contribution in [3.63, 3.8) is 0 Å². The molecule has 9 heteroatoms. The molecule has 9 nitrogen and oxygen atoms in total. The van der Waals surface area contributed by atoms with Crippen molar-refractivity contribution in [2.75, 3.05) is 6.61 Å².